The van der Waals surface area contributed by atoms with E-state index in [4.69, 9.17) is 14.6 Å². The fourth-order valence-corrected chi connectivity index (χ4v) is 1.57. The van der Waals surface area contributed by atoms with Crippen LogP contribution in [0, 0.1) is 12.7 Å². The average molecular weight is 214 g/mol. The lowest BCUT2D eigenvalue weighted by Gasteiger charge is -2.14. The Morgan fingerprint density at radius 3 is 2.33 bits per heavy atom. The van der Waals surface area contributed by atoms with Gasteiger partial charge in [0.2, 0.25) is 0 Å². The molecule has 0 unspecified atom stereocenters. The Labute approximate surface area is 88.4 Å². The zero-order valence-electron chi connectivity index (χ0n) is 9.13. The lowest BCUT2D eigenvalue weighted by Crippen LogP contribution is -2.02. The van der Waals surface area contributed by atoms with E-state index in [9.17, 15) is 4.39 Å². The van der Waals surface area contributed by atoms with Crippen LogP contribution < -0.4 is 9.47 Å². The van der Waals surface area contributed by atoms with Crippen LogP contribution in [0.2, 0.25) is 0 Å². The van der Waals surface area contributed by atoms with E-state index in [1.165, 1.54) is 20.3 Å². The van der Waals surface area contributed by atoms with Crippen LogP contribution in [-0.4, -0.2) is 25.9 Å². The Morgan fingerprint density at radius 2 is 1.87 bits per heavy atom. The van der Waals surface area contributed by atoms with Crippen molar-refractivity contribution in [2.75, 3.05) is 20.8 Å². The highest BCUT2D eigenvalue weighted by Gasteiger charge is 2.16. The van der Waals surface area contributed by atoms with Gasteiger partial charge in [0.1, 0.15) is 0 Å². The van der Waals surface area contributed by atoms with Gasteiger partial charge in [-0.2, -0.15) is 0 Å². The molecule has 0 amide bonds. The molecule has 0 bridgehead atoms. The van der Waals surface area contributed by atoms with Gasteiger partial charge in [-0.05, 0) is 30.5 Å². The molecule has 1 aromatic carbocycles. The first-order chi connectivity index (χ1) is 7.15. The normalized spacial score (nSPS) is 10.2. The molecule has 84 valence electrons. The van der Waals surface area contributed by atoms with Crippen LogP contribution in [0.4, 0.5) is 4.39 Å². The summed E-state index contributed by atoms with van der Waals surface area (Å²) in [5.74, 6) is 0.0287. The van der Waals surface area contributed by atoms with Crippen molar-refractivity contribution >= 4 is 0 Å². The molecule has 1 N–H and O–H groups in total. The van der Waals surface area contributed by atoms with E-state index in [-0.39, 0.29) is 12.4 Å². The van der Waals surface area contributed by atoms with Crippen molar-refractivity contribution in [3.63, 3.8) is 0 Å². The number of hydrogen-bond donors (Lipinski definition) is 1. The van der Waals surface area contributed by atoms with Crippen LogP contribution in [0.25, 0.3) is 0 Å². The van der Waals surface area contributed by atoms with E-state index in [2.05, 4.69) is 0 Å². The number of ether oxygens (including phenoxy) is 2. The number of benzene rings is 1. The third-order valence-electron chi connectivity index (χ3n) is 2.34. The quantitative estimate of drug-likeness (QED) is 0.828. The van der Waals surface area contributed by atoms with Crippen molar-refractivity contribution in [3.8, 4) is 11.5 Å². The molecule has 0 aliphatic heterocycles. The van der Waals surface area contributed by atoms with Gasteiger partial charge in [-0.1, -0.05) is 0 Å². The van der Waals surface area contributed by atoms with Gasteiger partial charge in [0.05, 0.1) is 14.2 Å². The van der Waals surface area contributed by atoms with Crippen molar-refractivity contribution in [1.29, 1.82) is 0 Å². The molecule has 0 aromatic heterocycles. The standard InChI is InChI=1S/C11H15FO3/c1-7-8(4-5-13)6-9(12)11(15-3)10(7)14-2/h6,13H,4-5H2,1-3H3. The number of halogens is 1. The summed E-state index contributed by atoms with van der Waals surface area (Å²) in [6, 6.07) is 1.37. The lowest BCUT2D eigenvalue weighted by molar-refractivity contribution is 0.297. The number of hydrogen-bond acceptors (Lipinski definition) is 3. The van der Waals surface area contributed by atoms with Gasteiger partial charge in [-0.15, -0.1) is 0 Å². The van der Waals surface area contributed by atoms with E-state index in [0.29, 0.717) is 12.2 Å². The molecular weight excluding hydrogens is 199 g/mol. The van der Waals surface area contributed by atoms with E-state index in [1.807, 2.05) is 6.92 Å². The van der Waals surface area contributed by atoms with Crippen LogP contribution in [-0.2, 0) is 6.42 Å². The summed E-state index contributed by atoms with van der Waals surface area (Å²) in [6.07, 6.45) is 0.406. The van der Waals surface area contributed by atoms with Crippen molar-refractivity contribution in [3.05, 3.63) is 23.0 Å². The molecule has 0 aliphatic carbocycles. The maximum Gasteiger partial charge on any atom is 0.197 e. The zero-order chi connectivity index (χ0) is 11.4. The highest BCUT2D eigenvalue weighted by atomic mass is 19.1. The van der Waals surface area contributed by atoms with Gasteiger partial charge in [0, 0.05) is 6.61 Å². The lowest BCUT2D eigenvalue weighted by atomic mass is 10.0. The highest BCUT2D eigenvalue weighted by Crippen LogP contribution is 2.35. The number of aliphatic hydroxyl groups is 1. The molecule has 4 heteroatoms. The van der Waals surface area contributed by atoms with Gasteiger partial charge in [-0.25, -0.2) is 4.39 Å². The summed E-state index contributed by atoms with van der Waals surface area (Å²) in [5.41, 5.74) is 1.53. The van der Waals surface area contributed by atoms with Crippen molar-refractivity contribution in [2.45, 2.75) is 13.3 Å². The van der Waals surface area contributed by atoms with Gasteiger partial charge >= 0.3 is 0 Å². The Morgan fingerprint density at radius 1 is 1.27 bits per heavy atom. The SMILES string of the molecule is COc1c(F)cc(CCO)c(C)c1OC. The van der Waals surface area contributed by atoms with Gasteiger partial charge in [0.15, 0.2) is 17.3 Å². The molecule has 3 nitrogen and oxygen atoms in total. The second-order valence-corrected chi connectivity index (χ2v) is 3.18. The van der Waals surface area contributed by atoms with Gasteiger partial charge in [-0.3, -0.25) is 0 Å². The summed E-state index contributed by atoms with van der Waals surface area (Å²) in [4.78, 5) is 0. The smallest absolute Gasteiger partial charge is 0.197 e. The predicted molar refractivity (Wildman–Crippen MR) is 55.0 cm³/mol. The van der Waals surface area contributed by atoms with E-state index >= 15 is 0 Å². The highest BCUT2D eigenvalue weighted by molar-refractivity contribution is 5.51. The van der Waals surface area contributed by atoms with Crippen molar-refractivity contribution < 1.29 is 19.0 Å². The predicted octanol–water partition coefficient (Wildman–Crippen LogP) is 1.69. The first-order valence-electron chi connectivity index (χ1n) is 4.66. The topological polar surface area (TPSA) is 38.7 Å². The summed E-state index contributed by atoms with van der Waals surface area (Å²) in [6.45, 7) is 1.79. The Kier molecular flexibility index (Phi) is 3.91. The maximum atomic E-state index is 13.5. The minimum absolute atomic E-state index is 0.0181. The molecule has 0 radical (unpaired) electrons. The van der Waals surface area contributed by atoms with E-state index in [1.54, 1.807) is 0 Å². The van der Waals surface area contributed by atoms with E-state index < -0.39 is 5.82 Å². The number of aliphatic hydroxyl groups excluding tert-OH is 1. The van der Waals surface area contributed by atoms with Crippen LogP contribution in [0.3, 0.4) is 0 Å². The molecule has 0 aliphatic rings. The molecule has 0 spiro atoms. The minimum atomic E-state index is -0.469. The molecule has 0 saturated heterocycles. The van der Waals surface area contributed by atoms with Crippen molar-refractivity contribution in [2.24, 2.45) is 0 Å². The van der Waals surface area contributed by atoms with Crippen LogP contribution >= 0.6 is 0 Å². The number of methoxy groups -OCH3 is 2. The van der Waals surface area contributed by atoms with Crippen LogP contribution in [0.5, 0.6) is 11.5 Å². The minimum Gasteiger partial charge on any atom is -0.492 e. The Bertz CT molecular complexity index is 350. The van der Waals surface area contributed by atoms with Gasteiger partial charge < -0.3 is 14.6 Å². The molecule has 1 aromatic rings. The molecule has 1 rings (SSSR count). The molecule has 0 saturated carbocycles. The summed E-state index contributed by atoms with van der Waals surface area (Å²) < 4.78 is 23.5. The summed E-state index contributed by atoms with van der Waals surface area (Å²) >= 11 is 0. The monoisotopic (exact) mass is 214 g/mol. The second-order valence-electron chi connectivity index (χ2n) is 3.18. The maximum absolute atomic E-state index is 13.5. The Balaban J connectivity index is 3.30. The first-order valence-corrected chi connectivity index (χ1v) is 4.66. The fourth-order valence-electron chi connectivity index (χ4n) is 1.57. The third kappa shape index (κ3) is 2.21. The van der Waals surface area contributed by atoms with Crippen molar-refractivity contribution in [1.82, 2.24) is 0 Å². The molecule has 0 fully saturated rings. The summed E-state index contributed by atoms with van der Waals surface area (Å²) in [5, 5.41) is 8.83. The largest absolute Gasteiger partial charge is 0.492 e. The first kappa shape index (κ1) is 11.8. The van der Waals surface area contributed by atoms with E-state index in [0.717, 1.165) is 11.1 Å². The molecule has 0 atom stereocenters. The zero-order valence-corrected chi connectivity index (χ0v) is 9.13. The van der Waals surface area contributed by atoms with Crippen LogP contribution in [0.1, 0.15) is 11.1 Å². The fraction of sp³-hybridized carbons (Fsp3) is 0.455. The summed E-state index contributed by atoms with van der Waals surface area (Å²) in [7, 11) is 2.86. The Hall–Kier alpha value is -1.29. The molecule has 15 heavy (non-hydrogen) atoms. The molecule has 0 heterocycles. The third-order valence-corrected chi connectivity index (χ3v) is 2.34. The molecular formula is C11H15FO3. The average Bonchev–Trinajstić information content (AvgIpc) is 2.22. The van der Waals surface area contributed by atoms with Gasteiger partial charge in [0.25, 0.3) is 0 Å². The second kappa shape index (κ2) is 4.98. The number of rotatable bonds is 4. The van der Waals surface area contributed by atoms with Crippen LogP contribution in [0.15, 0.2) is 6.07 Å².